The molecule has 0 aromatic carbocycles. The molecule has 14 heteroatoms. The van der Waals surface area contributed by atoms with Gasteiger partial charge in [-0.1, -0.05) is 11.6 Å². The lowest BCUT2D eigenvalue weighted by Crippen LogP contribution is -2.32. The average Bonchev–Trinajstić information content (AvgIpc) is 3.21. The summed E-state index contributed by atoms with van der Waals surface area (Å²) in [5, 5.41) is 8.00. The minimum Gasteiger partial charge on any atom is -0.485 e. The molecule has 3 aromatic heterocycles. The number of rotatable bonds is 11. The van der Waals surface area contributed by atoms with Crippen LogP contribution in [0.2, 0.25) is 5.02 Å². The summed E-state index contributed by atoms with van der Waals surface area (Å²) in [7, 11) is -2.35. The summed E-state index contributed by atoms with van der Waals surface area (Å²) < 4.78 is 52.4. The van der Waals surface area contributed by atoms with Crippen LogP contribution in [0.1, 0.15) is 51.5 Å². The van der Waals surface area contributed by atoms with Crippen molar-refractivity contribution < 1.29 is 27.4 Å². The van der Waals surface area contributed by atoms with Crippen LogP contribution in [0.4, 0.5) is 0 Å². The third-order valence-corrected chi connectivity index (χ3v) is 8.24. The Labute approximate surface area is 226 Å². The van der Waals surface area contributed by atoms with Gasteiger partial charge in [-0.2, -0.15) is 0 Å². The fraction of sp³-hybridized carbons (Fsp3) is 0.542. The smallest absolute Gasteiger partial charge is 0.257 e. The van der Waals surface area contributed by atoms with E-state index in [1.807, 2.05) is 20.8 Å². The fourth-order valence-electron chi connectivity index (χ4n) is 4.15. The third kappa shape index (κ3) is 5.90. The molecule has 0 saturated carbocycles. The van der Waals surface area contributed by atoms with Crippen molar-refractivity contribution in [1.82, 2.24) is 29.7 Å². The summed E-state index contributed by atoms with van der Waals surface area (Å²) >= 11 is 5.94. The van der Waals surface area contributed by atoms with E-state index in [9.17, 15) is 8.42 Å². The van der Waals surface area contributed by atoms with Gasteiger partial charge >= 0.3 is 0 Å². The minimum absolute atomic E-state index is 0.181. The molecular weight excluding hydrogens is 536 g/mol. The molecule has 3 aromatic rings. The van der Waals surface area contributed by atoms with Gasteiger partial charge in [0.25, 0.3) is 5.88 Å². The zero-order valence-corrected chi connectivity index (χ0v) is 23.4. The maximum absolute atomic E-state index is 13.8. The highest BCUT2D eigenvalue weighted by atomic mass is 35.5. The van der Waals surface area contributed by atoms with Gasteiger partial charge in [-0.15, -0.1) is 10.2 Å². The number of halogens is 1. The van der Waals surface area contributed by atoms with Gasteiger partial charge in [0.2, 0.25) is 0 Å². The van der Waals surface area contributed by atoms with Gasteiger partial charge in [0.1, 0.15) is 24.3 Å². The van der Waals surface area contributed by atoms with Crippen molar-refractivity contribution in [2.24, 2.45) is 0 Å². The Kier molecular flexibility index (Phi) is 8.81. The molecule has 12 nitrogen and oxygen atoms in total. The van der Waals surface area contributed by atoms with Crippen molar-refractivity contribution >= 4 is 21.4 Å². The zero-order valence-electron chi connectivity index (χ0n) is 21.9. The van der Waals surface area contributed by atoms with Gasteiger partial charge < -0.3 is 23.5 Å². The Bertz CT molecular complexity index is 1350. The first-order chi connectivity index (χ1) is 18.2. The quantitative estimate of drug-likeness (QED) is 0.337. The van der Waals surface area contributed by atoms with E-state index < -0.39 is 26.9 Å². The van der Waals surface area contributed by atoms with E-state index in [4.69, 9.17) is 30.5 Å². The number of hydrogen-bond donors (Lipinski definition) is 0. The Balaban J connectivity index is 1.73. The van der Waals surface area contributed by atoms with Crippen LogP contribution in [-0.4, -0.2) is 76.4 Å². The molecule has 206 valence electrons. The maximum Gasteiger partial charge on any atom is 0.257 e. The Morgan fingerprint density at radius 3 is 2.58 bits per heavy atom. The van der Waals surface area contributed by atoms with Crippen molar-refractivity contribution in [3.63, 3.8) is 0 Å². The molecule has 38 heavy (non-hydrogen) atoms. The number of nitrogens with zero attached hydrogens (tertiary/aromatic N) is 6. The van der Waals surface area contributed by atoms with Crippen LogP contribution < -0.4 is 9.47 Å². The molecule has 1 aliphatic heterocycles. The molecule has 0 bridgehead atoms. The standard InChI is InChI=1S/C24H31ClN6O6S/c1-6-35-11-17-12-36-21-18(7-8-26-24(21)34-5)23-30-29-19(31(17)23)13-38(32,33)15(4)20(37-14(2)3)22-27-9-16(25)10-28-22/h7-10,14-15,17,20H,6,11-13H2,1-5H3/t15-,17-,20+/m0/s1. The highest BCUT2D eigenvalue weighted by Gasteiger charge is 2.37. The molecule has 3 atom stereocenters. The number of pyridine rings is 1. The first kappa shape index (κ1) is 28.1. The predicted molar refractivity (Wildman–Crippen MR) is 139 cm³/mol. The van der Waals surface area contributed by atoms with Crippen molar-refractivity contribution in [3.05, 3.63) is 41.3 Å². The largest absolute Gasteiger partial charge is 0.485 e. The van der Waals surface area contributed by atoms with E-state index in [2.05, 4.69) is 25.1 Å². The number of ether oxygens (including phenoxy) is 4. The Morgan fingerprint density at radius 1 is 1.18 bits per heavy atom. The SMILES string of the molecule is CCOC[C@H]1COc2c(ccnc2OC)-c2nnc(CS(=O)(=O)[C@@H](C)[C@@H](OC(C)C)c3ncc(Cl)cn3)n21. The van der Waals surface area contributed by atoms with Crippen molar-refractivity contribution in [1.29, 1.82) is 0 Å². The zero-order chi connectivity index (χ0) is 27.4. The van der Waals surface area contributed by atoms with Gasteiger partial charge in [0.15, 0.2) is 27.2 Å². The number of methoxy groups -OCH3 is 1. The molecule has 0 unspecified atom stereocenters. The average molecular weight is 567 g/mol. The van der Waals surface area contributed by atoms with E-state index in [0.717, 1.165) is 0 Å². The topological polar surface area (TPSA) is 140 Å². The monoisotopic (exact) mass is 566 g/mol. The van der Waals surface area contributed by atoms with E-state index in [-0.39, 0.29) is 37.0 Å². The number of aromatic nitrogens is 6. The summed E-state index contributed by atoms with van der Waals surface area (Å²) in [4.78, 5) is 12.6. The van der Waals surface area contributed by atoms with Gasteiger partial charge in [-0.3, -0.25) is 0 Å². The molecule has 0 N–H and O–H groups in total. The van der Waals surface area contributed by atoms with Gasteiger partial charge in [0, 0.05) is 25.2 Å². The molecular formula is C24H31ClN6O6S. The summed E-state index contributed by atoms with van der Waals surface area (Å²) in [6, 6.07) is 1.34. The van der Waals surface area contributed by atoms with Crippen molar-refractivity contribution in [3.8, 4) is 23.0 Å². The number of fused-ring (bicyclic) bond motifs is 3. The van der Waals surface area contributed by atoms with Crippen LogP contribution in [-0.2, 0) is 25.1 Å². The second-order valence-corrected chi connectivity index (χ2v) is 11.8. The Morgan fingerprint density at radius 2 is 1.92 bits per heavy atom. The minimum atomic E-state index is -3.85. The van der Waals surface area contributed by atoms with Crippen LogP contribution in [0.25, 0.3) is 11.4 Å². The summed E-state index contributed by atoms with van der Waals surface area (Å²) in [5.41, 5.74) is 0.593. The molecule has 0 aliphatic carbocycles. The molecule has 0 amide bonds. The molecule has 0 radical (unpaired) electrons. The Hall–Kier alpha value is -2.87. The van der Waals surface area contributed by atoms with E-state index >= 15 is 0 Å². The van der Waals surface area contributed by atoms with Crippen LogP contribution in [0.3, 0.4) is 0 Å². The lowest BCUT2D eigenvalue weighted by atomic mass is 10.2. The summed E-state index contributed by atoms with van der Waals surface area (Å²) in [5.74, 6) is 1.24. The van der Waals surface area contributed by atoms with E-state index in [1.165, 1.54) is 19.5 Å². The molecule has 4 heterocycles. The molecule has 0 saturated heterocycles. The third-order valence-electron chi connectivity index (χ3n) is 6.01. The number of sulfone groups is 1. The lowest BCUT2D eigenvalue weighted by Gasteiger charge is -2.25. The van der Waals surface area contributed by atoms with Gasteiger partial charge in [-0.25, -0.2) is 23.4 Å². The maximum atomic E-state index is 13.8. The second kappa shape index (κ2) is 11.9. The van der Waals surface area contributed by atoms with Crippen molar-refractivity contribution in [2.45, 2.75) is 56.9 Å². The highest BCUT2D eigenvalue weighted by Crippen LogP contribution is 2.40. The normalized spacial score (nSPS) is 16.8. The lowest BCUT2D eigenvalue weighted by molar-refractivity contribution is 0.00142. The highest BCUT2D eigenvalue weighted by molar-refractivity contribution is 7.91. The van der Waals surface area contributed by atoms with Crippen LogP contribution in [0, 0.1) is 0 Å². The molecule has 4 rings (SSSR count). The number of hydrogen-bond acceptors (Lipinski definition) is 11. The van der Waals surface area contributed by atoms with Crippen LogP contribution in [0.5, 0.6) is 11.6 Å². The van der Waals surface area contributed by atoms with Crippen molar-refractivity contribution in [2.75, 3.05) is 26.9 Å². The van der Waals surface area contributed by atoms with E-state index in [0.29, 0.717) is 34.6 Å². The molecule has 0 fully saturated rings. The predicted octanol–water partition coefficient (Wildman–Crippen LogP) is 3.23. The summed E-state index contributed by atoms with van der Waals surface area (Å²) in [6.45, 7) is 8.02. The molecule has 0 spiro atoms. The first-order valence-corrected chi connectivity index (χ1v) is 14.3. The van der Waals surface area contributed by atoms with Gasteiger partial charge in [-0.05, 0) is 33.8 Å². The molecule has 1 aliphatic rings. The van der Waals surface area contributed by atoms with Crippen LogP contribution >= 0.6 is 11.6 Å². The van der Waals surface area contributed by atoms with E-state index in [1.54, 1.807) is 23.8 Å². The fourth-order valence-corrected chi connectivity index (χ4v) is 5.63. The summed E-state index contributed by atoms with van der Waals surface area (Å²) in [6.07, 6.45) is 3.21. The second-order valence-electron chi connectivity index (χ2n) is 9.01. The first-order valence-electron chi connectivity index (χ1n) is 12.2. The van der Waals surface area contributed by atoms with Gasteiger partial charge in [0.05, 0.1) is 41.7 Å². The van der Waals surface area contributed by atoms with Crippen LogP contribution in [0.15, 0.2) is 24.7 Å².